The number of carbonyl (C=O) groups excluding carboxylic acids is 3. The molecule has 11 nitrogen and oxygen atoms in total. The van der Waals surface area contributed by atoms with Gasteiger partial charge in [0.15, 0.2) is 11.5 Å². The molecule has 1 aliphatic carbocycles. The van der Waals surface area contributed by atoms with E-state index in [0.717, 1.165) is 25.7 Å². The SMILES string of the molecule is C=CC(=O)N1CCC[C@@H](Nc2nnc(C(N)=O)c(Nc3cccc(C(=O)NC4CC4)c3)n2)C1. The fraction of sp³-hybridized carbons (Fsp3) is 0.364. The number of hydrogen-bond donors (Lipinski definition) is 4. The molecule has 1 aromatic carbocycles. The van der Waals surface area contributed by atoms with Crippen LogP contribution in [-0.4, -0.2) is 63.0 Å². The molecule has 1 aromatic heterocycles. The summed E-state index contributed by atoms with van der Waals surface area (Å²) in [6.07, 6.45) is 4.93. The maximum absolute atomic E-state index is 12.4. The van der Waals surface area contributed by atoms with Crippen molar-refractivity contribution in [2.45, 2.75) is 37.8 Å². The highest BCUT2D eigenvalue weighted by molar-refractivity contribution is 5.97. The summed E-state index contributed by atoms with van der Waals surface area (Å²) >= 11 is 0. The van der Waals surface area contributed by atoms with Crippen LogP contribution in [0.5, 0.6) is 0 Å². The van der Waals surface area contributed by atoms with Crippen molar-refractivity contribution in [3.05, 3.63) is 48.2 Å². The summed E-state index contributed by atoms with van der Waals surface area (Å²) in [5, 5.41) is 17.0. The van der Waals surface area contributed by atoms with Crippen LogP contribution in [0.1, 0.15) is 46.5 Å². The number of primary amides is 1. The molecule has 0 radical (unpaired) electrons. The van der Waals surface area contributed by atoms with E-state index in [1.807, 2.05) is 0 Å². The highest BCUT2D eigenvalue weighted by Gasteiger charge is 2.25. The number of hydrogen-bond acceptors (Lipinski definition) is 8. The van der Waals surface area contributed by atoms with E-state index in [0.29, 0.717) is 24.3 Å². The third kappa shape index (κ3) is 5.62. The van der Waals surface area contributed by atoms with Gasteiger partial charge in [0, 0.05) is 36.4 Å². The Morgan fingerprint density at radius 1 is 1.15 bits per heavy atom. The number of rotatable bonds is 8. The van der Waals surface area contributed by atoms with Crippen LogP contribution in [0.4, 0.5) is 17.5 Å². The topological polar surface area (TPSA) is 155 Å². The molecule has 0 bridgehead atoms. The lowest BCUT2D eigenvalue weighted by Crippen LogP contribution is -2.44. The van der Waals surface area contributed by atoms with E-state index in [1.54, 1.807) is 29.2 Å². The maximum atomic E-state index is 12.4. The molecule has 1 atom stereocenters. The monoisotopic (exact) mass is 450 g/mol. The van der Waals surface area contributed by atoms with Crippen molar-refractivity contribution in [3.8, 4) is 0 Å². The molecular weight excluding hydrogens is 424 g/mol. The van der Waals surface area contributed by atoms with Crippen LogP contribution in [0.15, 0.2) is 36.9 Å². The number of nitrogens with zero attached hydrogens (tertiary/aromatic N) is 4. The Bertz CT molecular complexity index is 1090. The van der Waals surface area contributed by atoms with E-state index >= 15 is 0 Å². The smallest absolute Gasteiger partial charge is 0.273 e. The van der Waals surface area contributed by atoms with Gasteiger partial charge < -0.3 is 26.6 Å². The lowest BCUT2D eigenvalue weighted by molar-refractivity contribution is -0.127. The molecule has 2 heterocycles. The Morgan fingerprint density at radius 2 is 1.97 bits per heavy atom. The summed E-state index contributed by atoms with van der Waals surface area (Å²) in [7, 11) is 0. The first-order chi connectivity index (χ1) is 15.9. The van der Waals surface area contributed by atoms with E-state index in [-0.39, 0.29) is 41.4 Å². The van der Waals surface area contributed by atoms with Crippen molar-refractivity contribution in [2.75, 3.05) is 23.7 Å². The van der Waals surface area contributed by atoms with Gasteiger partial charge in [0.2, 0.25) is 11.9 Å². The fourth-order valence-electron chi connectivity index (χ4n) is 3.62. The molecule has 1 saturated heterocycles. The Morgan fingerprint density at radius 3 is 2.70 bits per heavy atom. The number of amides is 3. The molecule has 2 aromatic rings. The number of piperidine rings is 1. The molecule has 2 fully saturated rings. The predicted octanol–water partition coefficient (Wildman–Crippen LogP) is 1.20. The minimum absolute atomic E-state index is 0.0776. The first-order valence-corrected chi connectivity index (χ1v) is 10.8. The van der Waals surface area contributed by atoms with E-state index in [2.05, 4.69) is 37.7 Å². The highest BCUT2D eigenvalue weighted by atomic mass is 16.2. The molecule has 0 unspecified atom stereocenters. The van der Waals surface area contributed by atoms with Gasteiger partial charge in [0.1, 0.15) is 0 Å². The van der Waals surface area contributed by atoms with E-state index in [9.17, 15) is 14.4 Å². The standard InChI is InChI=1S/C22H26N8O3/c1-2-17(31)30-10-4-7-16(12-30)26-22-27-20(18(19(23)32)28-29-22)24-15-6-3-5-13(11-15)21(33)25-14-8-9-14/h2-3,5-6,11,14,16H,1,4,7-10,12H2,(H2,23,32)(H,25,33)(H2,24,26,27,29)/t16-/m1/s1. The molecule has 5 N–H and O–H groups in total. The number of anilines is 3. The average molecular weight is 451 g/mol. The first-order valence-electron chi connectivity index (χ1n) is 10.8. The van der Waals surface area contributed by atoms with E-state index in [1.165, 1.54) is 6.08 Å². The number of nitrogens with two attached hydrogens (primary N) is 1. The Labute approximate surface area is 190 Å². The Balaban J connectivity index is 1.51. The molecule has 3 amide bonds. The quantitative estimate of drug-likeness (QED) is 0.437. The third-order valence-electron chi connectivity index (χ3n) is 5.46. The normalized spacial score (nSPS) is 17.7. The Hall–Kier alpha value is -4.02. The van der Waals surface area contributed by atoms with Gasteiger partial charge in [-0.2, -0.15) is 4.98 Å². The van der Waals surface area contributed by atoms with E-state index in [4.69, 9.17) is 5.73 Å². The number of likely N-dealkylation sites (tertiary alicyclic amines) is 1. The van der Waals surface area contributed by atoms with Crippen LogP contribution in [0, 0.1) is 0 Å². The third-order valence-corrected chi connectivity index (χ3v) is 5.46. The number of carbonyl (C=O) groups is 3. The molecule has 0 spiro atoms. The van der Waals surface area contributed by atoms with Crippen molar-refractivity contribution in [1.29, 1.82) is 0 Å². The van der Waals surface area contributed by atoms with Crippen molar-refractivity contribution in [3.63, 3.8) is 0 Å². The fourth-order valence-corrected chi connectivity index (χ4v) is 3.62. The molecule has 2 aliphatic rings. The zero-order valence-corrected chi connectivity index (χ0v) is 18.1. The van der Waals surface area contributed by atoms with Gasteiger partial charge in [0.05, 0.1) is 0 Å². The van der Waals surface area contributed by atoms with Gasteiger partial charge in [0.25, 0.3) is 11.8 Å². The molecular formula is C22H26N8O3. The van der Waals surface area contributed by atoms with Crippen LogP contribution >= 0.6 is 0 Å². The molecule has 4 rings (SSSR count). The van der Waals surface area contributed by atoms with Crippen LogP contribution in [0.3, 0.4) is 0 Å². The van der Waals surface area contributed by atoms with Gasteiger partial charge in [-0.3, -0.25) is 14.4 Å². The molecule has 33 heavy (non-hydrogen) atoms. The second-order valence-electron chi connectivity index (χ2n) is 8.12. The van der Waals surface area contributed by atoms with Gasteiger partial charge in [-0.15, -0.1) is 10.2 Å². The van der Waals surface area contributed by atoms with Crippen molar-refractivity contribution >= 4 is 35.2 Å². The summed E-state index contributed by atoms with van der Waals surface area (Å²) < 4.78 is 0. The van der Waals surface area contributed by atoms with Crippen LogP contribution in [0.2, 0.25) is 0 Å². The summed E-state index contributed by atoms with van der Waals surface area (Å²) in [6, 6.07) is 7.02. The predicted molar refractivity (Wildman–Crippen MR) is 122 cm³/mol. The van der Waals surface area contributed by atoms with Crippen LogP contribution in [0.25, 0.3) is 0 Å². The second kappa shape index (κ2) is 9.63. The summed E-state index contributed by atoms with van der Waals surface area (Å²) in [5.74, 6) is -0.752. The molecule has 1 aliphatic heterocycles. The lowest BCUT2D eigenvalue weighted by atomic mass is 10.1. The van der Waals surface area contributed by atoms with Gasteiger partial charge >= 0.3 is 0 Å². The minimum Gasteiger partial charge on any atom is -0.364 e. The largest absolute Gasteiger partial charge is 0.364 e. The van der Waals surface area contributed by atoms with Crippen LogP contribution < -0.4 is 21.7 Å². The summed E-state index contributed by atoms with van der Waals surface area (Å²) in [5.41, 5.74) is 6.36. The maximum Gasteiger partial charge on any atom is 0.273 e. The summed E-state index contributed by atoms with van der Waals surface area (Å²) in [4.78, 5) is 42.2. The van der Waals surface area contributed by atoms with Crippen molar-refractivity contribution < 1.29 is 14.4 Å². The second-order valence-corrected chi connectivity index (χ2v) is 8.12. The van der Waals surface area contributed by atoms with Crippen LogP contribution in [-0.2, 0) is 4.79 Å². The lowest BCUT2D eigenvalue weighted by Gasteiger charge is -2.32. The zero-order chi connectivity index (χ0) is 23.4. The zero-order valence-electron chi connectivity index (χ0n) is 18.1. The Kier molecular flexibility index (Phi) is 6.48. The van der Waals surface area contributed by atoms with Crippen molar-refractivity contribution in [1.82, 2.24) is 25.4 Å². The first kappa shape index (κ1) is 22.2. The van der Waals surface area contributed by atoms with Crippen molar-refractivity contribution in [2.24, 2.45) is 5.73 Å². The molecule has 172 valence electrons. The summed E-state index contributed by atoms with van der Waals surface area (Å²) in [6.45, 7) is 4.68. The minimum atomic E-state index is -0.785. The molecule has 11 heteroatoms. The average Bonchev–Trinajstić information content (AvgIpc) is 3.63. The number of aromatic nitrogens is 3. The molecule has 1 saturated carbocycles. The number of benzene rings is 1. The van der Waals surface area contributed by atoms with Gasteiger partial charge in [-0.25, -0.2) is 0 Å². The number of nitrogens with one attached hydrogen (secondary N) is 3. The van der Waals surface area contributed by atoms with E-state index < -0.39 is 5.91 Å². The highest BCUT2D eigenvalue weighted by Crippen LogP contribution is 2.22. The van der Waals surface area contributed by atoms with Gasteiger partial charge in [-0.05, 0) is 50.0 Å². The van der Waals surface area contributed by atoms with Gasteiger partial charge in [-0.1, -0.05) is 12.6 Å².